The number of nitrogens with zero attached hydrogens (tertiary/aromatic N) is 2. The number of aromatic nitrogens is 2. The van der Waals surface area contributed by atoms with Gasteiger partial charge in [0.25, 0.3) is 0 Å². The van der Waals surface area contributed by atoms with Crippen molar-refractivity contribution in [1.82, 2.24) is 15.3 Å². The zero-order valence-corrected chi connectivity index (χ0v) is 10.7. The van der Waals surface area contributed by atoms with Gasteiger partial charge in [-0.3, -0.25) is 9.97 Å². The van der Waals surface area contributed by atoms with E-state index in [0.717, 1.165) is 29.2 Å². The number of ether oxygens (including phenoxy) is 1. The summed E-state index contributed by atoms with van der Waals surface area (Å²) in [4.78, 5) is 8.55. The molecule has 0 aliphatic carbocycles. The molecule has 0 unspecified atom stereocenters. The number of hydrogen-bond acceptors (Lipinski definition) is 4. The van der Waals surface area contributed by atoms with E-state index in [2.05, 4.69) is 21.4 Å². The molecule has 2 heterocycles. The van der Waals surface area contributed by atoms with E-state index in [1.807, 2.05) is 32.2 Å². The van der Waals surface area contributed by atoms with Crippen molar-refractivity contribution in [2.24, 2.45) is 0 Å². The van der Waals surface area contributed by atoms with Crippen LogP contribution in [0, 0.1) is 6.92 Å². The predicted octanol–water partition coefficient (Wildman–Crippen LogP) is 2.08. The van der Waals surface area contributed by atoms with Gasteiger partial charge >= 0.3 is 0 Å². The number of aryl methyl sites for hydroxylation is 1. The van der Waals surface area contributed by atoms with Crippen molar-refractivity contribution in [2.45, 2.75) is 20.1 Å². The average Bonchev–Trinajstić information content (AvgIpc) is 2.40. The summed E-state index contributed by atoms with van der Waals surface area (Å²) in [6.45, 7) is 3.19. The Morgan fingerprint density at radius 3 is 2.72 bits per heavy atom. The largest absolute Gasteiger partial charge is 0.485 e. The molecule has 0 aromatic carbocycles. The Bertz CT molecular complexity index is 514. The van der Waals surface area contributed by atoms with Gasteiger partial charge in [-0.15, -0.1) is 0 Å². The van der Waals surface area contributed by atoms with E-state index in [0.29, 0.717) is 6.61 Å². The zero-order chi connectivity index (χ0) is 12.8. The fourth-order valence-electron chi connectivity index (χ4n) is 1.72. The molecular weight excluding hydrogens is 226 g/mol. The van der Waals surface area contributed by atoms with Gasteiger partial charge in [0.1, 0.15) is 12.4 Å². The monoisotopic (exact) mass is 243 g/mol. The minimum atomic E-state index is 0.463. The first-order valence-electron chi connectivity index (χ1n) is 5.93. The second kappa shape index (κ2) is 6.12. The maximum absolute atomic E-state index is 5.76. The highest BCUT2D eigenvalue weighted by atomic mass is 16.5. The molecule has 0 saturated carbocycles. The van der Waals surface area contributed by atoms with Crippen molar-refractivity contribution in [3.8, 4) is 5.75 Å². The van der Waals surface area contributed by atoms with Crippen molar-refractivity contribution in [3.63, 3.8) is 0 Å². The van der Waals surface area contributed by atoms with Gasteiger partial charge in [0.2, 0.25) is 0 Å². The molecule has 18 heavy (non-hydrogen) atoms. The van der Waals surface area contributed by atoms with Crippen molar-refractivity contribution in [1.29, 1.82) is 0 Å². The van der Waals surface area contributed by atoms with E-state index in [9.17, 15) is 0 Å². The summed E-state index contributed by atoms with van der Waals surface area (Å²) in [5.41, 5.74) is 3.00. The van der Waals surface area contributed by atoms with Crippen LogP contribution in [0.2, 0.25) is 0 Å². The van der Waals surface area contributed by atoms with Crippen LogP contribution in [0.4, 0.5) is 0 Å². The van der Waals surface area contributed by atoms with Gasteiger partial charge in [-0.05, 0) is 37.7 Å². The summed E-state index contributed by atoms with van der Waals surface area (Å²) in [6, 6.07) is 7.78. The van der Waals surface area contributed by atoms with Crippen LogP contribution in [-0.2, 0) is 13.2 Å². The molecule has 4 heteroatoms. The van der Waals surface area contributed by atoms with Crippen LogP contribution < -0.4 is 10.1 Å². The normalized spacial score (nSPS) is 10.3. The average molecular weight is 243 g/mol. The summed E-state index contributed by atoms with van der Waals surface area (Å²) in [5.74, 6) is 0.804. The first-order valence-corrected chi connectivity index (χ1v) is 5.93. The van der Waals surface area contributed by atoms with Crippen LogP contribution in [0.15, 0.2) is 36.7 Å². The Morgan fingerprint density at radius 2 is 1.94 bits per heavy atom. The lowest BCUT2D eigenvalue weighted by molar-refractivity contribution is 0.296. The zero-order valence-electron chi connectivity index (χ0n) is 10.7. The van der Waals surface area contributed by atoms with E-state index in [4.69, 9.17) is 4.74 Å². The van der Waals surface area contributed by atoms with E-state index in [1.54, 1.807) is 12.4 Å². The van der Waals surface area contributed by atoms with Gasteiger partial charge in [-0.1, -0.05) is 6.07 Å². The number of rotatable bonds is 5. The van der Waals surface area contributed by atoms with Crippen LogP contribution in [0.3, 0.4) is 0 Å². The van der Waals surface area contributed by atoms with Gasteiger partial charge in [-0.25, -0.2) is 0 Å². The van der Waals surface area contributed by atoms with Crippen LogP contribution in [0.1, 0.15) is 17.0 Å². The topological polar surface area (TPSA) is 47.0 Å². The second-order valence-electron chi connectivity index (χ2n) is 4.02. The number of pyridine rings is 2. The van der Waals surface area contributed by atoms with E-state index in [1.165, 1.54) is 0 Å². The molecule has 0 spiro atoms. The number of hydrogen-bond donors (Lipinski definition) is 1. The molecule has 0 radical (unpaired) electrons. The van der Waals surface area contributed by atoms with Crippen LogP contribution in [-0.4, -0.2) is 17.0 Å². The Morgan fingerprint density at radius 1 is 1.17 bits per heavy atom. The van der Waals surface area contributed by atoms with Crippen LogP contribution in [0.25, 0.3) is 0 Å². The first-order chi connectivity index (χ1) is 8.81. The van der Waals surface area contributed by atoms with Crippen LogP contribution >= 0.6 is 0 Å². The van der Waals surface area contributed by atoms with Gasteiger partial charge in [0.05, 0.1) is 11.4 Å². The fourth-order valence-corrected chi connectivity index (χ4v) is 1.72. The minimum Gasteiger partial charge on any atom is -0.485 e. The van der Waals surface area contributed by atoms with Crippen LogP contribution in [0.5, 0.6) is 5.75 Å². The van der Waals surface area contributed by atoms with E-state index in [-0.39, 0.29) is 0 Å². The highest BCUT2D eigenvalue weighted by Gasteiger charge is 2.05. The summed E-state index contributed by atoms with van der Waals surface area (Å²) in [6.07, 6.45) is 3.54. The molecule has 0 fully saturated rings. The van der Waals surface area contributed by atoms with E-state index >= 15 is 0 Å². The fraction of sp³-hybridized carbons (Fsp3) is 0.286. The van der Waals surface area contributed by atoms with E-state index < -0.39 is 0 Å². The molecule has 0 saturated heterocycles. The van der Waals surface area contributed by atoms with Gasteiger partial charge in [0.15, 0.2) is 0 Å². The minimum absolute atomic E-state index is 0.463. The molecule has 0 bridgehead atoms. The lowest BCUT2D eigenvalue weighted by atomic mass is 10.2. The van der Waals surface area contributed by atoms with Crippen molar-refractivity contribution >= 4 is 0 Å². The Balaban J connectivity index is 2.08. The molecule has 2 aromatic heterocycles. The summed E-state index contributed by atoms with van der Waals surface area (Å²) in [5, 5.41) is 3.13. The molecule has 1 N–H and O–H groups in total. The summed E-state index contributed by atoms with van der Waals surface area (Å²) in [7, 11) is 1.92. The molecule has 4 nitrogen and oxygen atoms in total. The third kappa shape index (κ3) is 3.05. The molecule has 2 aromatic rings. The molecular formula is C14H17N3O. The lowest BCUT2D eigenvalue weighted by Gasteiger charge is -2.10. The lowest BCUT2D eigenvalue weighted by Crippen LogP contribution is -2.10. The van der Waals surface area contributed by atoms with Gasteiger partial charge in [-0.2, -0.15) is 0 Å². The van der Waals surface area contributed by atoms with Gasteiger partial charge < -0.3 is 10.1 Å². The summed E-state index contributed by atoms with van der Waals surface area (Å²) < 4.78 is 5.76. The van der Waals surface area contributed by atoms with Crippen molar-refractivity contribution in [3.05, 3.63) is 53.6 Å². The molecule has 2 rings (SSSR count). The first kappa shape index (κ1) is 12.5. The molecule has 0 aliphatic rings. The third-order valence-electron chi connectivity index (χ3n) is 2.67. The number of nitrogens with one attached hydrogen (secondary N) is 1. The Hall–Kier alpha value is -1.94. The molecule has 0 atom stereocenters. The maximum atomic E-state index is 5.76. The molecule has 94 valence electrons. The Labute approximate surface area is 107 Å². The third-order valence-corrected chi connectivity index (χ3v) is 2.67. The second-order valence-corrected chi connectivity index (χ2v) is 4.02. The predicted molar refractivity (Wildman–Crippen MR) is 70.3 cm³/mol. The Kier molecular flexibility index (Phi) is 4.25. The highest BCUT2D eigenvalue weighted by Crippen LogP contribution is 2.16. The highest BCUT2D eigenvalue weighted by molar-refractivity contribution is 5.26. The SMILES string of the molecule is CNCc1cccnc1COc1cccnc1C. The van der Waals surface area contributed by atoms with Crippen molar-refractivity contribution < 1.29 is 4.74 Å². The maximum Gasteiger partial charge on any atom is 0.141 e. The van der Waals surface area contributed by atoms with Gasteiger partial charge in [0, 0.05) is 18.9 Å². The summed E-state index contributed by atoms with van der Waals surface area (Å²) >= 11 is 0. The van der Waals surface area contributed by atoms with Crippen molar-refractivity contribution in [2.75, 3.05) is 7.05 Å². The quantitative estimate of drug-likeness (QED) is 0.873. The smallest absolute Gasteiger partial charge is 0.141 e. The molecule has 0 aliphatic heterocycles. The standard InChI is InChI=1S/C14H17N3O/c1-11-14(6-4-7-16-11)18-10-13-12(9-15-2)5-3-8-17-13/h3-8,15H,9-10H2,1-2H3. The molecule has 0 amide bonds.